The molecular weight excluding hydrogens is 545 g/mol. The number of aliphatic hydroxyl groups excluding tert-OH is 2. The lowest BCUT2D eigenvalue weighted by Crippen LogP contribution is -2.49. The van der Waals surface area contributed by atoms with Gasteiger partial charge < -0.3 is 26.2 Å². The molecule has 16 heteroatoms. The molecule has 1 unspecified atom stereocenters. The van der Waals surface area contributed by atoms with E-state index < -0.39 is 37.0 Å². The quantitative estimate of drug-likeness (QED) is 0.314. The Labute approximate surface area is 224 Å². The van der Waals surface area contributed by atoms with E-state index in [0.717, 1.165) is 14.6 Å². The molecule has 1 aromatic heterocycles. The van der Waals surface area contributed by atoms with Crippen molar-refractivity contribution < 1.29 is 33.0 Å². The highest BCUT2D eigenvalue weighted by Crippen LogP contribution is 2.27. The third-order valence-electron chi connectivity index (χ3n) is 5.67. The third-order valence-corrected chi connectivity index (χ3v) is 5.92. The number of nitrogens with two attached hydrogens (primary N) is 1. The second kappa shape index (κ2) is 10.9. The van der Waals surface area contributed by atoms with Crippen LogP contribution in [-0.2, 0) is 6.54 Å². The largest absolute Gasteiger partial charge is 0.416 e. The summed E-state index contributed by atoms with van der Waals surface area (Å²) in [5.41, 5.74) is 6.14. The summed E-state index contributed by atoms with van der Waals surface area (Å²) in [4.78, 5) is 29.4. The zero-order chi connectivity index (χ0) is 28.5. The van der Waals surface area contributed by atoms with Gasteiger partial charge in [0, 0.05) is 17.6 Å². The molecule has 12 nitrogen and oxygen atoms in total. The van der Waals surface area contributed by atoms with Gasteiger partial charge in [-0.2, -0.15) is 18.3 Å². The lowest BCUT2D eigenvalue weighted by Gasteiger charge is -2.29. The van der Waals surface area contributed by atoms with Crippen molar-refractivity contribution >= 4 is 29.3 Å². The number of alkyl halides is 3. The summed E-state index contributed by atoms with van der Waals surface area (Å²) in [6.45, 7) is -1.41. The van der Waals surface area contributed by atoms with Gasteiger partial charge in [-0.25, -0.2) is 14.7 Å². The highest BCUT2D eigenvalue weighted by molar-refractivity contribution is 6.30. The van der Waals surface area contributed by atoms with Crippen LogP contribution in [0.1, 0.15) is 32.4 Å². The average Bonchev–Trinajstić information content (AvgIpc) is 3.45. The maximum atomic E-state index is 13.1. The zero-order valence-corrected chi connectivity index (χ0v) is 20.9. The van der Waals surface area contributed by atoms with Crippen LogP contribution in [0.2, 0.25) is 5.02 Å². The molecule has 0 radical (unpaired) electrons. The molecule has 0 saturated carbocycles. The molecule has 4 rings (SSSR count). The number of para-hydroxylation sites is 1. The highest BCUT2D eigenvalue weighted by Gasteiger charge is 2.43. The average molecular weight is 567 g/mol. The van der Waals surface area contributed by atoms with Gasteiger partial charge >= 0.3 is 6.18 Å². The van der Waals surface area contributed by atoms with Crippen molar-refractivity contribution in [2.75, 3.05) is 13.6 Å². The molecule has 0 fully saturated rings. The molecule has 2 atom stereocenters. The molecule has 0 spiro atoms. The van der Waals surface area contributed by atoms with Gasteiger partial charge in [-0.3, -0.25) is 9.59 Å². The first-order chi connectivity index (χ1) is 18.4. The molecule has 206 valence electrons. The highest BCUT2D eigenvalue weighted by atomic mass is 35.5. The number of nitrogens with one attached hydrogen (secondary N) is 1. The van der Waals surface area contributed by atoms with Gasteiger partial charge in [0.1, 0.15) is 6.54 Å². The first-order valence-electron chi connectivity index (χ1n) is 11.3. The predicted octanol–water partition coefficient (Wildman–Crippen LogP) is 1.06. The van der Waals surface area contributed by atoms with Crippen LogP contribution in [0.5, 0.6) is 0 Å². The Morgan fingerprint density at radius 3 is 2.46 bits per heavy atom. The number of aromatic nitrogens is 3. The minimum Gasteiger partial charge on any atom is -0.382 e. The van der Waals surface area contributed by atoms with Gasteiger partial charge in [0.25, 0.3) is 11.8 Å². The Morgan fingerprint density at radius 1 is 1.18 bits per heavy atom. The summed E-state index contributed by atoms with van der Waals surface area (Å²) in [5.74, 6) is -1.94. The van der Waals surface area contributed by atoms with E-state index in [0.29, 0.717) is 10.6 Å². The number of nitrogens with zero attached hydrogens (tertiary/aromatic N) is 6. The first kappa shape index (κ1) is 27.8. The molecule has 0 saturated heterocycles. The van der Waals surface area contributed by atoms with Crippen LogP contribution in [0.3, 0.4) is 0 Å². The van der Waals surface area contributed by atoms with Crippen molar-refractivity contribution in [2.24, 2.45) is 10.8 Å². The third kappa shape index (κ3) is 5.79. The number of β-amino-alcohol motifs (C(OH)–C–C–N with tert-alkyl or cyclic N) is 1. The maximum absolute atomic E-state index is 13.1. The van der Waals surface area contributed by atoms with E-state index in [4.69, 9.17) is 17.3 Å². The second-order valence-corrected chi connectivity index (χ2v) is 8.74. The van der Waals surface area contributed by atoms with Gasteiger partial charge in [0.2, 0.25) is 12.2 Å². The Morgan fingerprint density at radius 2 is 1.85 bits per heavy atom. The summed E-state index contributed by atoms with van der Waals surface area (Å²) in [6, 6.07) is 12.2. The summed E-state index contributed by atoms with van der Waals surface area (Å²) >= 11 is 5.91. The Hall–Kier alpha value is -4.21. The van der Waals surface area contributed by atoms with Crippen molar-refractivity contribution in [3.8, 4) is 5.69 Å². The van der Waals surface area contributed by atoms with E-state index in [9.17, 15) is 33.0 Å². The predicted molar refractivity (Wildman–Crippen MR) is 132 cm³/mol. The fraction of sp³-hybridized carbons (Fsp3) is 0.261. The Kier molecular flexibility index (Phi) is 7.76. The number of amidine groups is 1. The van der Waals surface area contributed by atoms with E-state index in [1.807, 2.05) is 0 Å². The number of rotatable bonds is 8. The summed E-state index contributed by atoms with van der Waals surface area (Å²) in [7, 11) is 1.42. The monoisotopic (exact) mass is 566 g/mol. The minimum atomic E-state index is -4.95. The fourth-order valence-electron chi connectivity index (χ4n) is 3.79. The van der Waals surface area contributed by atoms with E-state index in [2.05, 4.69) is 20.5 Å². The second-order valence-electron chi connectivity index (χ2n) is 8.31. The van der Waals surface area contributed by atoms with Crippen molar-refractivity contribution in [1.29, 1.82) is 0 Å². The number of carbonyl (C=O) groups excluding carboxylic acids is 2. The van der Waals surface area contributed by atoms with Crippen LogP contribution < -0.4 is 11.1 Å². The molecule has 39 heavy (non-hydrogen) atoms. The lowest BCUT2D eigenvalue weighted by molar-refractivity contribution is -0.212. The number of hydrogen-bond donors (Lipinski definition) is 4. The first-order valence-corrected chi connectivity index (χ1v) is 11.7. The minimum absolute atomic E-state index is 0.0815. The summed E-state index contributed by atoms with van der Waals surface area (Å²) < 4.78 is 40.4. The van der Waals surface area contributed by atoms with E-state index in [1.165, 1.54) is 43.4 Å². The number of carbonyl (C=O) groups is 2. The van der Waals surface area contributed by atoms with Crippen molar-refractivity contribution in [2.45, 2.75) is 25.2 Å². The molecule has 1 aliphatic heterocycles. The van der Waals surface area contributed by atoms with Crippen molar-refractivity contribution in [1.82, 2.24) is 30.0 Å². The SMILES string of the molecule is CNC(=O)c1ccccc1-n1nc(CN2N=C(c3ccc(Cl)cc3)N(C[C@H](O)C(F)(F)F)C2O)nc1C(N)=O. The van der Waals surface area contributed by atoms with Gasteiger partial charge in [-0.1, -0.05) is 23.7 Å². The standard InChI is InChI=1S/C23H22ClF3N8O4/c1-29-21(38)14-4-2-3-5-15(14)35-20(18(28)37)30-17(31-35)11-34-22(39)33(10-16(36)23(25,26)27)19(32-34)12-6-8-13(24)9-7-12/h2-9,16,22,36,39H,10-11H2,1H3,(H2,28,37)(H,29,38)/t16-,22?/m0/s1. The number of halogens is 4. The molecule has 2 aromatic carbocycles. The molecule has 1 aliphatic rings. The molecule has 3 aromatic rings. The Balaban J connectivity index is 1.71. The Bertz CT molecular complexity index is 1410. The van der Waals surface area contributed by atoms with E-state index >= 15 is 0 Å². The molecule has 5 N–H and O–H groups in total. The normalized spacial score (nSPS) is 16.3. The number of aliphatic hydroxyl groups is 2. The number of benzene rings is 2. The van der Waals surface area contributed by atoms with Crippen LogP contribution in [0.25, 0.3) is 5.69 Å². The van der Waals surface area contributed by atoms with Crippen LogP contribution in [0, 0.1) is 0 Å². The van der Waals surface area contributed by atoms with Gasteiger partial charge in [0.05, 0.1) is 17.8 Å². The molecule has 0 aliphatic carbocycles. The van der Waals surface area contributed by atoms with Crippen LogP contribution in [0.15, 0.2) is 53.6 Å². The lowest BCUT2D eigenvalue weighted by atomic mass is 10.1. The topological polar surface area (TPSA) is 162 Å². The number of amides is 2. The fourth-order valence-corrected chi connectivity index (χ4v) is 3.92. The molecular formula is C23H22ClF3N8O4. The van der Waals surface area contributed by atoms with Crippen LogP contribution in [0.4, 0.5) is 13.2 Å². The van der Waals surface area contributed by atoms with E-state index in [-0.39, 0.29) is 35.3 Å². The number of primary amides is 1. The summed E-state index contributed by atoms with van der Waals surface area (Å²) in [6.07, 6.45) is -9.51. The van der Waals surface area contributed by atoms with Crippen molar-refractivity contribution in [3.05, 3.63) is 76.3 Å². The van der Waals surface area contributed by atoms with Gasteiger partial charge in [0.15, 0.2) is 17.8 Å². The zero-order valence-electron chi connectivity index (χ0n) is 20.2. The molecule has 0 bridgehead atoms. The van der Waals surface area contributed by atoms with Crippen molar-refractivity contribution in [3.63, 3.8) is 0 Å². The van der Waals surface area contributed by atoms with Gasteiger partial charge in [-0.05, 0) is 36.4 Å². The molecule has 2 heterocycles. The van der Waals surface area contributed by atoms with Gasteiger partial charge in [-0.15, -0.1) is 5.10 Å². The van der Waals surface area contributed by atoms with E-state index in [1.54, 1.807) is 12.1 Å². The van der Waals surface area contributed by atoms with Crippen LogP contribution in [-0.4, -0.2) is 84.8 Å². The summed E-state index contributed by atoms with van der Waals surface area (Å²) in [5, 5.41) is 32.9. The number of hydrazone groups is 1. The number of hydrogen-bond acceptors (Lipinski definition) is 9. The van der Waals surface area contributed by atoms with Crippen LogP contribution >= 0.6 is 11.6 Å². The maximum Gasteiger partial charge on any atom is 0.416 e. The molecule has 2 amide bonds. The smallest absolute Gasteiger partial charge is 0.382 e.